The van der Waals surface area contributed by atoms with E-state index in [1.165, 1.54) is 17.5 Å². The topological polar surface area (TPSA) is 48.1 Å². The zero-order chi connectivity index (χ0) is 13.9. The summed E-state index contributed by atoms with van der Waals surface area (Å²) >= 11 is 1.70. The van der Waals surface area contributed by atoms with Crippen molar-refractivity contribution in [3.8, 4) is 5.75 Å². The average Bonchev–Trinajstić information content (AvgIpc) is 2.94. The van der Waals surface area contributed by atoms with Gasteiger partial charge in [0.1, 0.15) is 12.4 Å². The van der Waals surface area contributed by atoms with Crippen LogP contribution in [0.1, 0.15) is 47.6 Å². The molecule has 20 heavy (non-hydrogen) atoms. The Hall–Kier alpha value is -1.39. The number of thiazole rings is 1. The number of hydrogen-bond donors (Lipinski definition) is 1. The third kappa shape index (κ3) is 2.86. The zero-order valence-corrected chi connectivity index (χ0v) is 12.6. The molecular weight excluding hydrogens is 268 g/mol. The fourth-order valence-corrected chi connectivity index (χ4v) is 3.37. The second kappa shape index (κ2) is 5.94. The van der Waals surface area contributed by atoms with E-state index in [4.69, 9.17) is 10.5 Å². The predicted octanol–water partition coefficient (Wildman–Crippen LogP) is 3.62. The van der Waals surface area contributed by atoms with Gasteiger partial charge in [-0.15, -0.1) is 11.3 Å². The number of fused-ring (bicyclic) bond motifs is 1. The Morgan fingerprint density at radius 2 is 2.35 bits per heavy atom. The van der Waals surface area contributed by atoms with Crippen LogP contribution < -0.4 is 10.5 Å². The molecule has 1 aliphatic rings. The van der Waals surface area contributed by atoms with Crippen molar-refractivity contribution in [2.75, 3.05) is 0 Å². The normalized spacial score (nSPS) is 17.8. The molecule has 3 rings (SSSR count). The maximum absolute atomic E-state index is 6.18. The number of hydrogen-bond acceptors (Lipinski definition) is 4. The molecule has 0 amide bonds. The third-order valence-corrected chi connectivity index (χ3v) is 4.81. The lowest BCUT2D eigenvalue weighted by molar-refractivity contribution is 0.301. The Morgan fingerprint density at radius 1 is 1.45 bits per heavy atom. The number of benzene rings is 1. The molecule has 2 N–H and O–H groups in total. The average molecular weight is 288 g/mol. The molecule has 0 aliphatic heterocycles. The molecular formula is C16H20N2OS. The summed E-state index contributed by atoms with van der Waals surface area (Å²) in [6, 6.07) is 6.46. The Kier molecular flexibility index (Phi) is 4.03. The summed E-state index contributed by atoms with van der Waals surface area (Å²) in [5.41, 5.74) is 9.81. The van der Waals surface area contributed by atoms with E-state index in [0.29, 0.717) is 6.61 Å². The molecule has 0 saturated carbocycles. The number of ether oxygens (including phenoxy) is 1. The first-order valence-electron chi connectivity index (χ1n) is 7.20. The fourth-order valence-electron chi connectivity index (χ4n) is 2.64. The van der Waals surface area contributed by atoms with Crippen LogP contribution in [-0.4, -0.2) is 4.98 Å². The second-order valence-electron chi connectivity index (χ2n) is 5.23. The van der Waals surface area contributed by atoms with Crippen molar-refractivity contribution >= 4 is 11.3 Å². The summed E-state index contributed by atoms with van der Waals surface area (Å²) < 4.78 is 5.85. The smallest absolute Gasteiger partial charge is 0.131 e. The van der Waals surface area contributed by atoms with Crippen molar-refractivity contribution in [2.24, 2.45) is 5.73 Å². The number of rotatable bonds is 4. The van der Waals surface area contributed by atoms with Gasteiger partial charge in [-0.1, -0.05) is 13.0 Å². The summed E-state index contributed by atoms with van der Waals surface area (Å²) in [5, 5.41) is 3.24. The highest BCUT2D eigenvalue weighted by atomic mass is 32.1. The van der Waals surface area contributed by atoms with E-state index < -0.39 is 0 Å². The van der Waals surface area contributed by atoms with Gasteiger partial charge in [0.25, 0.3) is 0 Å². The summed E-state index contributed by atoms with van der Waals surface area (Å²) in [7, 11) is 0. The van der Waals surface area contributed by atoms with Gasteiger partial charge in [0.2, 0.25) is 0 Å². The lowest BCUT2D eigenvalue weighted by Crippen LogP contribution is -2.17. The van der Waals surface area contributed by atoms with Gasteiger partial charge >= 0.3 is 0 Å². The van der Waals surface area contributed by atoms with Gasteiger partial charge in [0.05, 0.1) is 10.7 Å². The minimum atomic E-state index is 0.160. The second-order valence-corrected chi connectivity index (χ2v) is 6.18. The Balaban J connectivity index is 1.70. The van der Waals surface area contributed by atoms with Crippen molar-refractivity contribution in [1.82, 2.24) is 4.98 Å². The molecule has 1 aromatic carbocycles. The summed E-state index contributed by atoms with van der Waals surface area (Å²) in [4.78, 5) is 4.52. The Morgan fingerprint density at radius 3 is 3.15 bits per heavy atom. The van der Waals surface area contributed by atoms with Gasteiger partial charge in [0.15, 0.2) is 0 Å². The van der Waals surface area contributed by atoms with E-state index in [2.05, 4.69) is 29.4 Å². The number of nitrogens with two attached hydrogens (primary N) is 1. The molecule has 1 atom stereocenters. The molecule has 0 radical (unpaired) electrons. The molecule has 0 unspecified atom stereocenters. The molecule has 1 aliphatic carbocycles. The van der Waals surface area contributed by atoms with Crippen molar-refractivity contribution in [1.29, 1.82) is 0 Å². The fraction of sp³-hybridized carbons (Fsp3) is 0.438. The Bertz CT molecular complexity index is 594. The summed E-state index contributed by atoms with van der Waals surface area (Å²) in [6.45, 7) is 2.65. The molecule has 1 aromatic heterocycles. The van der Waals surface area contributed by atoms with Gasteiger partial charge in [0, 0.05) is 11.4 Å². The van der Waals surface area contributed by atoms with E-state index in [0.717, 1.165) is 35.7 Å². The van der Waals surface area contributed by atoms with Crippen LogP contribution in [0.5, 0.6) is 5.75 Å². The van der Waals surface area contributed by atoms with Crippen molar-refractivity contribution in [3.63, 3.8) is 0 Å². The minimum Gasteiger partial charge on any atom is -0.487 e. The number of aryl methyl sites for hydroxylation is 2. The lowest BCUT2D eigenvalue weighted by atomic mass is 9.88. The van der Waals surface area contributed by atoms with Gasteiger partial charge in [-0.2, -0.15) is 0 Å². The highest BCUT2D eigenvalue weighted by Gasteiger charge is 2.17. The quantitative estimate of drug-likeness (QED) is 0.934. The van der Waals surface area contributed by atoms with Gasteiger partial charge in [-0.3, -0.25) is 0 Å². The molecule has 2 aromatic rings. The first-order chi connectivity index (χ1) is 9.76. The van der Waals surface area contributed by atoms with Crippen LogP contribution in [0.15, 0.2) is 23.6 Å². The minimum absolute atomic E-state index is 0.160. The maximum atomic E-state index is 6.18. The molecule has 106 valence electrons. The van der Waals surface area contributed by atoms with Crippen molar-refractivity contribution in [2.45, 2.75) is 45.3 Å². The first-order valence-corrected chi connectivity index (χ1v) is 8.08. The van der Waals surface area contributed by atoms with Crippen molar-refractivity contribution in [3.05, 3.63) is 45.4 Å². The molecule has 0 bridgehead atoms. The van der Waals surface area contributed by atoms with Crippen LogP contribution in [0.4, 0.5) is 0 Å². The monoisotopic (exact) mass is 288 g/mol. The first kappa shape index (κ1) is 13.6. The highest BCUT2D eigenvalue weighted by Crippen LogP contribution is 2.31. The standard InChI is InChI=1S/C16H20N2OS/c1-2-16-18-12(10-20-16)9-19-13-7-6-11-4-3-5-15(17)14(11)8-13/h6-8,10,15H,2-5,9,17H2,1H3/t15-/m0/s1. The molecule has 0 fully saturated rings. The van der Waals surface area contributed by atoms with Crippen LogP contribution in [0.2, 0.25) is 0 Å². The predicted molar refractivity (Wildman–Crippen MR) is 82.1 cm³/mol. The van der Waals surface area contributed by atoms with Crippen LogP contribution in [0, 0.1) is 0 Å². The third-order valence-electron chi connectivity index (χ3n) is 3.77. The Labute approximate surface area is 123 Å². The zero-order valence-electron chi connectivity index (χ0n) is 11.8. The van der Waals surface area contributed by atoms with Gasteiger partial charge in [-0.25, -0.2) is 4.98 Å². The van der Waals surface area contributed by atoms with E-state index in [1.807, 2.05) is 6.07 Å². The number of aromatic nitrogens is 1. The highest BCUT2D eigenvalue weighted by molar-refractivity contribution is 7.09. The van der Waals surface area contributed by atoms with Gasteiger partial charge < -0.3 is 10.5 Å². The molecule has 3 nitrogen and oxygen atoms in total. The van der Waals surface area contributed by atoms with Crippen LogP contribution >= 0.6 is 11.3 Å². The SMILES string of the molecule is CCc1nc(COc2ccc3c(c2)[C@@H](N)CCC3)cs1. The molecule has 1 heterocycles. The van der Waals surface area contributed by atoms with Crippen LogP contribution in [-0.2, 0) is 19.4 Å². The van der Waals surface area contributed by atoms with E-state index >= 15 is 0 Å². The van der Waals surface area contributed by atoms with Crippen molar-refractivity contribution < 1.29 is 4.74 Å². The van der Waals surface area contributed by atoms with Gasteiger partial charge in [-0.05, 0) is 48.9 Å². The van der Waals surface area contributed by atoms with Crippen LogP contribution in [0.25, 0.3) is 0 Å². The molecule has 0 saturated heterocycles. The largest absolute Gasteiger partial charge is 0.487 e. The van der Waals surface area contributed by atoms with Crippen LogP contribution in [0.3, 0.4) is 0 Å². The summed E-state index contributed by atoms with van der Waals surface area (Å²) in [6.07, 6.45) is 4.38. The molecule has 4 heteroatoms. The maximum Gasteiger partial charge on any atom is 0.131 e. The van der Waals surface area contributed by atoms with E-state index in [-0.39, 0.29) is 6.04 Å². The number of nitrogens with zero attached hydrogens (tertiary/aromatic N) is 1. The molecule has 0 spiro atoms. The van der Waals surface area contributed by atoms with E-state index in [9.17, 15) is 0 Å². The van der Waals surface area contributed by atoms with E-state index in [1.54, 1.807) is 11.3 Å². The summed E-state index contributed by atoms with van der Waals surface area (Å²) in [5.74, 6) is 0.896. The lowest BCUT2D eigenvalue weighted by Gasteiger charge is -2.22.